The number of nitrogens with one attached hydrogen (secondary N) is 1. The Morgan fingerprint density at radius 3 is 3.06 bits per heavy atom. The molecular formula is C11H15N4S. The minimum atomic E-state index is 0.0132. The van der Waals surface area contributed by atoms with E-state index in [2.05, 4.69) is 26.9 Å². The quantitative estimate of drug-likeness (QED) is 0.810. The zero-order valence-corrected chi connectivity index (χ0v) is 10.1. The van der Waals surface area contributed by atoms with Crippen LogP contribution >= 0.6 is 12.6 Å². The summed E-state index contributed by atoms with van der Waals surface area (Å²) in [7, 11) is 0. The molecule has 0 aliphatic rings. The van der Waals surface area contributed by atoms with Gasteiger partial charge in [0.05, 0.1) is 17.8 Å². The molecule has 4 nitrogen and oxygen atoms in total. The Hall–Kier alpha value is -1.10. The van der Waals surface area contributed by atoms with Crippen molar-refractivity contribution in [3.63, 3.8) is 0 Å². The van der Waals surface area contributed by atoms with Gasteiger partial charge in [-0.15, -0.1) is 0 Å². The summed E-state index contributed by atoms with van der Waals surface area (Å²) in [5, 5.41) is 0.0132. The molecule has 2 heterocycles. The molecule has 1 N–H and O–H groups in total. The van der Waals surface area contributed by atoms with E-state index in [0.29, 0.717) is 0 Å². The van der Waals surface area contributed by atoms with Gasteiger partial charge in [-0.1, -0.05) is 38.8 Å². The van der Waals surface area contributed by atoms with Gasteiger partial charge in [-0.05, 0) is 6.42 Å². The fraction of sp³-hybridized carbons (Fsp3) is 0.545. The van der Waals surface area contributed by atoms with Gasteiger partial charge >= 0.3 is 0 Å². The fourth-order valence-electron chi connectivity index (χ4n) is 1.62. The van der Waals surface area contributed by atoms with Crippen molar-refractivity contribution in [2.45, 2.75) is 37.9 Å². The molecule has 0 aliphatic heterocycles. The lowest BCUT2D eigenvalue weighted by atomic mass is 10.1. The van der Waals surface area contributed by atoms with Gasteiger partial charge in [-0.2, -0.15) is 0 Å². The largest absolute Gasteiger partial charge is 0.329 e. The number of hydrogen-bond donors (Lipinski definition) is 1. The van der Waals surface area contributed by atoms with Crippen molar-refractivity contribution in [3.05, 3.63) is 18.3 Å². The standard InChI is InChI=1S/C11H15N4S/c1-2-3-4-5-9(16)11-12-6-8-10(15-11)14-7-13-8/h6-7,9H,2-5H2,1H3,(H,12,13,14,15). The average molecular weight is 235 g/mol. The summed E-state index contributed by atoms with van der Waals surface area (Å²) in [6.07, 6.45) is 7.91. The van der Waals surface area contributed by atoms with Gasteiger partial charge in [-0.25, -0.2) is 15.0 Å². The topological polar surface area (TPSA) is 54.5 Å². The van der Waals surface area contributed by atoms with Crippen LogP contribution in [0.15, 0.2) is 12.5 Å². The molecule has 85 valence electrons. The van der Waals surface area contributed by atoms with Crippen molar-refractivity contribution in [2.75, 3.05) is 0 Å². The smallest absolute Gasteiger partial charge is 0.160 e. The van der Waals surface area contributed by atoms with E-state index >= 15 is 0 Å². The molecule has 1 atom stereocenters. The van der Waals surface area contributed by atoms with Crippen LogP contribution in [0.4, 0.5) is 0 Å². The van der Waals surface area contributed by atoms with Crippen molar-refractivity contribution in [1.29, 1.82) is 0 Å². The van der Waals surface area contributed by atoms with E-state index in [9.17, 15) is 0 Å². The Labute approximate surface area is 100 Å². The molecule has 16 heavy (non-hydrogen) atoms. The maximum atomic E-state index is 5.39. The molecule has 1 unspecified atom stereocenters. The van der Waals surface area contributed by atoms with Gasteiger partial charge in [0.25, 0.3) is 0 Å². The van der Waals surface area contributed by atoms with Crippen molar-refractivity contribution < 1.29 is 0 Å². The molecular weight excluding hydrogens is 220 g/mol. The third-order valence-corrected chi connectivity index (χ3v) is 3.00. The molecule has 0 amide bonds. The highest BCUT2D eigenvalue weighted by Crippen LogP contribution is 2.23. The van der Waals surface area contributed by atoms with Crippen LogP contribution in [0.25, 0.3) is 11.2 Å². The van der Waals surface area contributed by atoms with E-state index in [1.807, 2.05) is 0 Å². The lowest BCUT2D eigenvalue weighted by Crippen LogP contribution is -1.99. The average Bonchev–Trinajstić information content (AvgIpc) is 2.76. The highest BCUT2D eigenvalue weighted by Gasteiger charge is 2.11. The van der Waals surface area contributed by atoms with Crippen LogP contribution < -0.4 is 0 Å². The monoisotopic (exact) mass is 235 g/mol. The maximum Gasteiger partial charge on any atom is 0.160 e. The first-order valence-corrected chi connectivity index (χ1v) is 6.10. The second-order valence-electron chi connectivity index (χ2n) is 3.85. The van der Waals surface area contributed by atoms with Gasteiger partial charge in [0.1, 0.15) is 11.3 Å². The van der Waals surface area contributed by atoms with Crippen LogP contribution in [-0.2, 0) is 0 Å². The van der Waals surface area contributed by atoms with Crippen molar-refractivity contribution in [2.24, 2.45) is 0 Å². The molecule has 0 bridgehead atoms. The Morgan fingerprint density at radius 1 is 1.38 bits per heavy atom. The van der Waals surface area contributed by atoms with E-state index in [4.69, 9.17) is 12.6 Å². The lowest BCUT2D eigenvalue weighted by Gasteiger charge is -2.07. The van der Waals surface area contributed by atoms with Crippen LogP contribution in [0, 0.1) is 0 Å². The van der Waals surface area contributed by atoms with Crippen LogP contribution in [0.1, 0.15) is 43.7 Å². The van der Waals surface area contributed by atoms with Gasteiger partial charge in [0, 0.05) is 0 Å². The molecule has 1 radical (unpaired) electrons. The van der Waals surface area contributed by atoms with Crippen molar-refractivity contribution in [3.8, 4) is 0 Å². The highest BCUT2D eigenvalue weighted by molar-refractivity contribution is 7.80. The lowest BCUT2D eigenvalue weighted by molar-refractivity contribution is 0.647. The van der Waals surface area contributed by atoms with Gasteiger partial charge in [0.15, 0.2) is 5.65 Å². The van der Waals surface area contributed by atoms with E-state index < -0.39 is 0 Å². The van der Waals surface area contributed by atoms with Gasteiger partial charge < -0.3 is 4.98 Å². The molecule has 0 aromatic carbocycles. The van der Waals surface area contributed by atoms with E-state index in [1.54, 1.807) is 12.5 Å². The molecule has 0 aliphatic carbocycles. The molecule has 2 aromatic rings. The summed E-state index contributed by atoms with van der Waals surface area (Å²) in [5.41, 5.74) is 1.56. The second kappa shape index (κ2) is 5.30. The number of unbranched alkanes of at least 4 members (excludes halogenated alkanes) is 2. The number of fused-ring (bicyclic) bond motifs is 1. The van der Waals surface area contributed by atoms with Crippen molar-refractivity contribution in [1.82, 2.24) is 19.9 Å². The van der Waals surface area contributed by atoms with Crippen LogP contribution in [0.5, 0.6) is 0 Å². The number of rotatable bonds is 5. The Balaban J connectivity index is 2.07. The zero-order chi connectivity index (χ0) is 11.4. The minimum absolute atomic E-state index is 0.0132. The second-order valence-corrected chi connectivity index (χ2v) is 4.42. The summed E-state index contributed by atoms with van der Waals surface area (Å²) in [4.78, 5) is 15.7. The molecule has 0 fully saturated rings. The molecule has 5 heteroatoms. The fourth-order valence-corrected chi connectivity index (χ4v) is 1.90. The number of nitrogens with zero attached hydrogens (tertiary/aromatic N) is 3. The van der Waals surface area contributed by atoms with Gasteiger partial charge in [0.2, 0.25) is 0 Å². The molecule has 0 saturated heterocycles. The summed E-state index contributed by atoms with van der Waals surface area (Å²) in [6, 6.07) is 0. The number of aromatic nitrogens is 4. The third-order valence-electron chi connectivity index (χ3n) is 2.55. The first kappa shape index (κ1) is 11.4. The maximum absolute atomic E-state index is 5.39. The molecule has 2 rings (SSSR count). The number of imidazole rings is 1. The van der Waals surface area contributed by atoms with E-state index in [0.717, 1.165) is 29.8 Å². The Morgan fingerprint density at radius 2 is 2.25 bits per heavy atom. The van der Waals surface area contributed by atoms with Crippen LogP contribution in [0.2, 0.25) is 0 Å². The number of hydrogen-bond acceptors (Lipinski definition) is 3. The number of aromatic amines is 1. The third kappa shape index (κ3) is 2.52. The predicted octanol–water partition coefficient (Wildman–Crippen LogP) is 3.17. The predicted molar refractivity (Wildman–Crippen MR) is 66.2 cm³/mol. The van der Waals surface area contributed by atoms with Gasteiger partial charge in [-0.3, -0.25) is 0 Å². The Kier molecular flexibility index (Phi) is 3.77. The SMILES string of the molecule is CCCCCC([S])c1ncc2nc[nH]c2n1. The van der Waals surface area contributed by atoms with E-state index in [-0.39, 0.29) is 5.25 Å². The van der Waals surface area contributed by atoms with Crippen LogP contribution in [0.3, 0.4) is 0 Å². The molecule has 2 aromatic heterocycles. The molecule has 0 saturated carbocycles. The van der Waals surface area contributed by atoms with Crippen LogP contribution in [-0.4, -0.2) is 19.9 Å². The summed E-state index contributed by atoms with van der Waals surface area (Å²) in [5.74, 6) is 0.739. The van der Waals surface area contributed by atoms with Crippen molar-refractivity contribution >= 4 is 23.8 Å². The Bertz CT molecular complexity index is 454. The summed E-state index contributed by atoms with van der Waals surface area (Å²) >= 11 is 5.39. The molecule has 0 spiro atoms. The normalized spacial score (nSPS) is 13.1. The minimum Gasteiger partial charge on any atom is -0.329 e. The first-order valence-electron chi connectivity index (χ1n) is 5.63. The number of H-pyrrole nitrogens is 1. The highest BCUT2D eigenvalue weighted by atomic mass is 32.1. The first-order chi connectivity index (χ1) is 7.81. The summed E-state index contributed by atoms with van der Waals surface area (Å²) < 4.78 is 0. The summed E-state index contributed by atoms with van der Waals surface area (Å²) in [6.45, 7) is 2.19. The zero-order valence-electron chi connectivity index (χ0n) is 9.31. The van der Waals surface area contributed by atoms with E-state index in [1.165, 1.54) is 12.8 Å².